The molecule has 1 amide bonds. The summed E-state index contributed by atoms with van der Waals surface area (Å²) >= 11 is 0. The van der Waals surface area contributed by atoms with Gasteiger partial charge in [0.05, 0.1) is 0 Å². The molecule has 22 heavy (non-hydrogen) atoms. The Morgan fingerprint density at radius 1 is 1.36 bits per heavy atom. The van der Waals surface area contributed by atoms with E-state index < -0.39 is 0 Å². The number of nitrogens with zero attached hydrogens (tertiary/aromatic N) is 4. The summed E-state index contributed by atoms with van der Waals surface area (Å²) < 4.78 is 5.41. The number of likely N-dealkylation sites (tertiary alicyclic amines) is 1. The van der Waals surface area contributed by atoms with Gasteiger partial charge in [-0.15, -0.1) is 10.2 Å². The number of piperidine rings is 1. The highest BCUT2D eigenvalue weighted by molar-refractivity contribution is 5.79. The van der Waals surface area contributed by atoms with Crippen LogP contribution in [-0.4, -0.2) is 57.2 Å². The molecule has 3 heterocycles. The molecule has 1 aromatic rings. The molecule has 2 saturated heterocycles. The lowest BCUT2D eigenvalue weighted by Gasteiger charge is -2.39. The molecule has 122 valence electrons. The predicted octanol–water partition coefficient (Wildman–Crippen LogP) is 1.19. The van der Waals surface area contributed by atoms with Crippen LogP contribution in [0, 0.1) is 11.8 Å². The Bertz CT molecular complexity index is 472. The van der Waals surface area contributed by atoms with Crippen LogP contribution in [0.4, 0.5) is 0 Å². The van der Waals surface area contributed by atoms with E-state index in [-0.39, 0.29) is 12.0 Å². The molecular formula is C15H25N5O2. The van der Waals surface area contributed by atoms with Gasteiger partial charge in [0.2, 0.25) is 5.91 Å². The summed E-state index contributed by atoms with van der Waals surface area (Å²) in [5.41, 5.74) is 0. The first-order chi connectivity index (χ1) is 10.8. The van der Waals surface area contributed by atoms with Crippen molar-refractivity contribution in [2.24, 2.45) is 11.8 Å². The largest absolute Gasteiger partial charge is 0.381 e. The van der Waals surface area contributed by atoms with Crippen molar-refractivity contribution in [2.45, 2.75) is 51.5 Å². The van der Waals surface area contributed by atoms with Crippen molar-refractivity contribution in [3.63, 3.8) is 0 Å². The average molecular weight is 307 g/mol. The minimum atomic E-state index is 0.0785. The number of carbonyl (C=O) groups excluding carboxylic acids is 1. The molecule has 7 nitrogen and oxygen atoms in total. The Labute approximate surface area is 130 Å². The number of hydrogen-bond donors (Lipinski definition) is 1. The molecule has 1 N–H and O–H groups in total. The summed E-state index contributed by atoms with van der Waals surface area (Å²) in [6.07, 6.45) is 5.98. The lowest BCUT2D eigenvalue weighted by molar-refractivity contribution is -0.141. The van der Waals surface area contributed by atoms with E-state index in [1.54, 1.807) is 0 Å². The van der Waals surface area contributed by atoms with Gasteiger partial charge in [0.1, 0.15) is 0 Å². The molecule has 0 spiro atoms. The second kappa shape index (κ2) is 7.17. The smallest absolute Gasteiger partial charge is 0.225 e. The SMILES string of the molecule is CC(C(=O)N1CCCCC1Cc1nn[nH]n1)C1CCOCC1. The lowest BCUT2D eigenvalue weighted by Crippen LogP contribution is -2.48. The van der Waals surface area contributed by atoms with Gasteiger partial charge in [-0.3, -0.25) is 4.79 Å². The fourth-order valence-corrected chi connectivity index (χ4v) is 3.66. The first-order valence-electron chi connectivity index (χ1n) is 8.36. The number of ether oxygens (including phenoxy) is 1. The highest BCUT2D eigenvalue weighted by Gasteiger charge is 2.34. The minimum Gasteiger partial charge on any atom is -0.381 e. The second-order valence-electron chi connectivity index (χ2n) is 6.45. The molecule has 7 heteroatoms. The van der Waals surface area contributed by atoms with Gasteiger partial charge in [-0.1, -0.05) is 12.1 Å². The quantitative estimate of drug-likeness (QED) is 0.903. The zero-order valence-electron chi connectivity index (χ0n) is 13.2. The highest BCUT2D eigenvalue weighted by Crippen LogP contribution is 2.28. The van der Waals surface area contributed by atoms with Crippen LogP contribution in [0.5, 0.6) is 0 Å². The van der Waals surface area contributed by atoms with Crippen molar-refractivity contribution in [3.05, 3.63) is 5.82 Å². The molecule has 0 bridgehead atoms. The van der Waals surface area contributed by atoms with Gasteiger partial charge in [0.25, 0.3) is 0 Å². The highest BCUT2D eigenvalue weighted by atomic mass is 16.5. The molecule has 2 atom stereocenters. The zero-order valence-corrected chi connectivity index (χ0v) is 13.2. The van der Waals surface area contributed by atoms with E-state index in [9.17, 15) is 4.79 Å². The normalized spacial score (nSPS) is 25.1. The van der Waals surface area contributed by atoms with Crippen molar-refractivity contribution in [1.29, 1.82) is 0 Å². The Balaban J connectivity index is 1.65. The summed E-state index contributed by atoms with van der Waals surface area (Å²) in [7, 11) is 0. The maximum atomic E-state index is 13.0. The number of carbonyl (C=O) groups is 1. The molecule has 0 radical (unpaired) electrons. The fourth-order valence-electron chi connectivity index (χ4n) is 3.66. The van der Waals surface area contributed by atoms with Crippen molar-refractivity contribution >= 4 is 5.91 Å². The second-order valence-corrected chi connectivity index (χ2v) is 6.45. The fraction of sp³-hybridized carbons (Fsp3) is 0.867. The van der Waals surface area contributed by atoms with E-state index >= 15 is 0 Å². The number of hydrogen-bond acceptors (Lipinski definition) is 5. The van der Waals surface area contributed by atoms with Gasteiger partial charge in [0.15, 0.2) is 5.82 Å². The number of amides is 1. The van der Waals surface area contributed by atoms with Crippen LogP contribution in [0.15, 0.2) is 0 Å². The molecule has 2 unspecified atom stereocenters. The molecule has 2 aliphatic heterocycles. The van der Waals surface area contributed by atoms with Crippen LogP contribution >= 0.6 is 0 Å². The molecule has 2 aliphatic rings. The summed E-state index contributed by atoms with van der Waals surface area (Å²) in [6.45, 7) is 4.51. The van der Waals surface area contributed by atoms with Gasteiger partial charge >= 0.3 is 0 Å². The Kier molecular flexibility index (Phi) is 5.02. The molecule has 0 saturated carbocycles. The number of rotatable bonds is 4. The topological polar surface area (TPSA) is 84.0 Å². The number of tetrazole rings is 1. The third-order valence-electron chi connectivity index (χ3n) is 5.08. The number of aromatic amines is 1. The summed E-state index contributed by atoms with van der Waals surface area (Å²) in [5, 5.41) is 14.2. The van der Waals surface area contributed by atoms with E-state index in [0.29, 0.717) is 24.1 Å². The van der Waals surface area contributed by atoms with E-state index in [1.165, 1.54) is 0 Å². The first kappa shape index (κ1) is 15.4. The predicted molar refractivity (Wildman–Crippen MR) is 79.9 cm³/mol. The van der Waals surface area contributed by atoms with Crippen LogP contribution in [0.2, 0.25) is 0 Å². The molecule has 0 aliphatic carbocycles. The zero-order chi connectivity index (χ0) is 15.4. The standard InChI is InChI=1S/C15H25N5O2/c1-11(12-5-8-22-9-6-12)15(21)20-7-3-2-4-13(20)10-14-16-18-19-17-14/h11-13H,2-10H2,1H3,(H,16,17,18,19). The van der Waals surface area contributed by atoms with Crippen LogP contribution in [0.3, 0.4) is 0 Å². The van der Waals surface area contributed by atoms with Crippen LogP contribution < -0.4 is 0 Å². The van der Waals surface area contributed by atoms with Crippen LogP contribution in [-0.2, 0) is 16.0 Å². The maximum Gasteiger partial charge on any atom is 0.225 e. The van der Waals surface area contributed by atoms with Crippen LogP contribution in [0.1, 0.15) is 44.9 Å². The summed E-state index contributed by atoms with van der Waals surface area (Å²) in [4.78, 5) is 15.0. The summed E-state index contributed by atoms with van der Waals surface area (Å²) in [6, 6.07) is 0.209. The lowest BCUT2D eigenvalue weighted by atomic mass is 9.85. The molecule has 0 aromatic carbocycles. The first-order valence-corrected chi connectivity index (χ1v) is 8.36. The van der Waals surface area contributed by atoms with Crippen molar-refractivity contribution in [2.75, 3.05) is 19.8 Å². The molecule has 1 aromatic heterocycles. The van der Waals surface area contributed by atoms with E-state index in [4.69, 9.17) is 4.74 Å². The van der Waals surface area contributed by atoms with Crippen molar-refractivity contribution in [1.82, 2.24) is 25.5 Å². The average Bonchev–Trinajstić information content (AvgIpc) is 3.08. The number of nitrogens with one attached hydrogen (secondary N) is 1. The van der Waals surface area contributed by atoms with Gasteiger partial charge in [-0.25, -0.2) is 0 Å². The van der Waals surface area contributed by atoms with Gasteiger partial charge in [-0.2, -0.15) is 5.21 Å². The summed E-state index contributed by atoms with van der Waals surface area (Å²) in [5.74, 6) is 1.52. The van der Waals surface area contributed by atoms with E-state index in [2.05, 4.69) is 32.4 Å². The van der Waals surface area contributed by atoms with Gasteiger partial charge < -0.3 is 9.64 Å². The Morgan fingerprint density at radius 2 is 2.18 bits per heavy atom. The Hall–Kier alpha value is -1.50. The third-order valence-corrected chi connectivity index (χ3v) is 5.08. The maximum absolute atomic E-state index is 13.0. The molecular weight excluding hydrogens is 282 g/mol. The number of aromatic nitrogens is 4. The van der Waals surface area contributed by atoms with E-state index in [1.807, 2.05) is 0 Å². The van der Waals surface area contributed by atoms with Crippen molar-refractivity contribution in [3.8, 4) is 0 Å². The third kappa shape index (κ3) is 3.45. The number of H-pyrrole nitrogens is 1. The minimum absolute atomic E-state index is 0.0785. The van der Waals surface area contributed by atoms with Gasteiger partial charge in [-0.05, 0) is 38.0 Å². The molecule has 3 rings (SSSR count). The van der Waals surface area contributed by atoms with Crippen LogP contribution in [0.25, 0.3) is 0 Å². The Morgan fingerprint density at radius 3 is 2.91 bits per heavy atom. The molecule has 2 fully saturated rings. The van der Waals surface area contributed by atoms with Gasteiger partial charge in [0, 0.05) is 38.1 Å². The van der Waals surface area contributed by atoms with E-state index in [0.717, 1.165) is 51.9 Å². The monoisotopic (exact) mass is 307 g/mol. The van der Waals surface area contributed by atoms with Crippen molar-refractivity contribution < 1.29 is 9.53 Å².